The van der Waals surface area contributed by atoms with Crippen LogP contribution >= 0.6 is 15.9 Å². The van der Waals surface area contributed by atoms with Gasteiger partial charge in [0.05, 0.1) is 12.1 Å². The average Bonchev–Trinajstić information content (AvgIpc) is 2.38. The predicted octanol–water partition coefficient (Wildman–Crippen LogP) is 2.31. The summed E-state index contributed by atoms with van der Waals surface area (Å²) in [5, 5.41) is 0. The second-order valence-corrected chi connectivity index (χ2v) is 5.34. The van der Waals surface area contributed by atoms with Gasteiger partial charge in [0.1, 0.15) is 0 Å². The Hall–Kier alpha value is -1.36. The van der Waals surface area contributed by atoms with Gasteiger partial charge in [-0.05, 0) is 41.4 Å². The molecule has 4 nitrogen and oxygen atoms in total. The zero-order chi connectivity index (χ0) is 14.6. The Morgan fingerprint density at radius 1 is 1.26 bits per heavy atom. The molecule has 1 rings (SSSR count). The molecule has 0 N–H and O–H groups in total. The van der Waals surface area contributed by atoms with Gasteiger partial charge in [-0.1, -0.05) is 12.1 Å². The van der Waals surface area contributed by atoms with Gasteiger partial charge in [0, 0.05) is 25.1 Å². The Kier molecular flexibility index (Phi) is 5.54. The smallest absolute Gasteiger partial charge is 0.255 e. The lowest BCUT2D eigenvalue weighted by molar-refractivity contribution is -0.129. The first-order valence-corrected chi connectivity index (χ1v) is 6.92. The number of benzene rings is 1. The molecule has 104 valence electrons. The van der Waals surface area contributed by atoms with E-state index in [4.69, 9.17) is 0 Å². The molecule has 0 heterocycles. The Labute approximate surface area is 122 Å². The molecule has 0 saturated heterocycles. The molecule has 1 aromatic rings. The highest BCUT2D eigenvalue weighted by molar-refractivity contribution is 9.10. The number of aryl methyl sites for hydroxylation is 1. The second kappa shape index (κ2) is 6.70. The van der Waals surface area contributed by atoms with Gasteiger partial charge in [-0.15, -0.1) is 0 Å². The van der Waals surface area contributed by atoms with Crippen molar-refractivity contribution in [3.8, 4) is 0 Å². The van der Waals surface area contributed by atoms with Gasteiger partial charge in [0.25, 0.3) is 5.91 Å². The average molecular weight is 327 g/mol. The summed E-state index contributed by atoms with van der Waals surface area (Å²) in [5.74, 6) is -0.216. The van der Waals surface area contributed by atoms with E-state index in [9.17, 15) is 9.59 Å². The molecular formula is C14H19BrN2O2. The molecule has 0 aliphatic heterocycles. The van der Waals surface area contributed by atoms with Gasteiger partial charge >= 0.3 is 0 Å². The molecule has 0 saturated carbocycles. The number of halogens is 1. The third-order valence-corrected chi connectivity index (χ3v) is 3.97. The minimum Gasteiger partial charge on any atom is -0.347 e. The van der Waals surface area contributed by atoms with Crippen molar-refractivity contribution >= 4 is 27.7 Å². The zero-order valence-electron chi connectivity index (χ0n) is 11.7. The maximum absolute atomic E-state index is 12.4. The van der Waals surface area contributed by atoms with Crippen molar-refractivity contribution in [2.24, 2.45) is 0 Å². The van der Waals surface area contributed by atoms with Gasteiger partial charge in [-0.2, -0.15) is 0 Å². The van der Waals surface area contributed by atoms with Gasteiger partial charge < -0.3 is 9.80 Å². The van der Waals surface area contributed by atoms with Crippen LogP contribution < -0.4 is 0 Å². The lowest BCUT2D eigenvalue weighted by Crippen LogP contribution is -2.40. The molecule has 2 amide bonds. The fraction of sp³-hybridized carbons (Fsp3) is 0.429. The van der Waals surface area contributed by atoms with Crippen LogP contribution in [0.15, 0.2) is 22.7 Å². The first-order chi connectivity index (χ1) is 8.88. The van der Waals surface area contributed by atoms with E-state index in [-0.39, 0.29) is 18.4 Å². The molecule has 0 unspecified atom stereocenters. The highest BCUT2D eigenvalue weighted by Crippen LogP contribution is 2.22. The van der Waals surface area contributed by atoms with Crippen LogP contribution in [0, 0.1) is 6.92 Å². The lowest BCUT2D eigenvalue weighted by atomic mass is 10.1. The summed E-state index contributed by atoms with van der Waals surface area (Å²) in [5.41, 5.74) is 1.59. The predicted molar refractivity (Wildman–Crippen MR) is 79.2 cm³/mol. The van der Waals surface area contributed by atoms with Crippen LogP contribution in [0.2, 0.25) is 0 Å². The molecule has 0 aromatic heterocycles. The SMILES string of the molecule is CCN(CC(=O)N(C)C)C(=O)c1cccc(C)c1Br. The molecule has 0 atom stereocenters. The first kappa shape index (κ1) is 15.7. The maximum atomic E-state index is 12.4. The van der Waals surface area contributed by atoms with Crippen molar-refractivity contribution in [1.82, 2.24) is 9.80 Å². The van der Waals surface area contributed by atoms with E-state index in [0.29, 0.717) is 12.1 Å². The third-order valence-electron chi connectivity index (χ3n) is 2.92. The number of hydrogen-bond acceptors (Lipinski definition) is 2. The Morgan fingerprint density at radius 3 is 2.42 bits per heavy atom. The monoisotopic (exact) mass is 326 g/mol. The topological polar surface area (TPSA) is 40.6 Å². The molecule has 0 radical (unpaired) electrons. The van der Waals surface area contributed by atoms with E-state index in [1.807, 2.05) is 26.0 Å². The zero-order valence-corrected chi connectivity index (χ0v) is 13.3. The first-order valence-electron chi connectivity index (χ1n) is 6.13. The van der Waals surface area contributed by atoms with Gasteiger partial charge in [-0.3, -0.25) is 9.59 Å². The van der Waals surface area contributed by atoms with E-state index in [1.165, 1.54) is 4.90 Å². The number of carbonyl (C=O) groups is 2. The number of amides is 2. The standard InChI is InChI=1S/C14H19BrN2O2/c1-5-17(9-12(18)16(3)4)14(19)11-8-6-7-10(2)13(11)15/h6-8H,5,9H2,1-4H3. The van der Waals surface area contributed by atoms with E-state index in [1.54, 1.807) is 25.1 Å². The molecule has 0 aliphatic carbocycles. The molecule has 0 bridgehead atoms. The maximum Gasteiger partial charge on any atom is 0.255 e. The molecule has 5 heteroatoms. The van der Waals surface area contributed by atoms with E-state index in [2.05, 4.69) is 15.9 Å². The van der Waals surface area contributed by atoms with Crippen molar-refractivity contribution in [2.45, 2.75) is 13.8 Å². The quantitative estimate of drug-likeness (QED) is 0.851. The summed E-state index contributed by atoms with van der Waals surface area (Å²) in [7, 11) is 3.37. The van der Waals surface area contributed by atoms with Crippen molar-refractivity contribution in [3.63, 3.8) is 0 Å². The van der Waals surface area contributed by atoms with Crippen LogP contribution in [0.3, 0.4) is 0 Å². The van der Waals surface area contributed by atoms with E-state index >= 15 is 0 Å². The minimum atomic E-state index is -0.131. The summed E-state index contributed by atoms with van der Waals surface area (Å²) < 4.78 is 0.788. The largest absolute Gasteiger partial charge is 0.347 e. The number of nitrogens with zero attached hydrogens (tertiary/aromatic N) is 2. The van der Waals surface area contributed by atoms with Crippen molar-refractivity contribution in [1.29, 1.82) is 0 Å². The highest BCUT2D eigenvalue weighted by atomic mass is 79.9. The summed E-state index contributed by atoms with van der Waals surface area (Å²) in [4.78, 5) is 27.2. The Bertz CT molecular complexity index is 486. The third kappa shape index (κ3) is 3.80. The normalized spacial score (nSPS) is 10.2. The lowest BCUT2D eigenvalue weighted by Gasteiger charge is -2.23. The summed E-state index contributed by atoms with van der Waals surface area (Å²) in [6.45, 7) is 4.40. The van der Waals surface area contributed by atoms with Crippen molar-refractivity contribution < 1.29 is 9.59 Å². The minimum absolute atomic E-state index is 0.0843. The number of hydrogen-bond donors (Lipinski definition) is 0. The van der Waals surface area contributed by atoms with Crippen LogP contribution in [0.5, 0.6) is 0 Å². The van der Waals surface area contributed by atoms with Gasteiger partial charge in [0.2, 0.25) is 5.91 Å². The highest BCUT2D eigenvalue weighted by Gasteiger charge is 2.20. The summed E-state index contributed by atoms with van der Waals surface area (Å²) in [6.07, 6.45) is 0. The van der Waals surface area contributed by atoms with E-state index in [0.717, 1.165) is 10.0 Å². The molecule has 19 heavy (non-hydrogen) atoms. The van der Waals surface area contributed by atoms with Crippen LogP contribution in [0.1, 0.15) is 22.8 Å². The van der Waals surface area contributed by atoms with Crippen LogP contribution in [0.25, 0.3) is 0 Å². The Balaban J connectivity index is 2.96. The van der Waals surface area contributed by atoms with Crippen LogP contribution in [-0.4, -0.2) is 48.8 Å². The summed E-state index contributed by atoms with van der Waals surface area (Å²) >= 11 is 3.43. The van der Waals surface area contributed by atoms with Crippen LogP contribution in [0.4, 0.5) is 0 Å². The van der Waals surface area contributed by atoms with Crippen molar-refractivity contribution in [2.75, 3.05) is 27.2 Å². The van der Waals surface area contributed by atoms with E-state index < -0.39 is 0 Å². The molecule has 0 fully saturated rings. The molecule has 1 aromatic carbocycles. The van der Waals surface area contributed by atoms with Crippen LogP contribution in [-0.2, 0) is 4.79 Å². The molecule has 0 spiro atoms. The second-order valence-electron chi connectivity index (χ2n) is 4.54. The van der Waals surface area contributed by atoms with Gasteiger partial charge in [0.15, 0.2) is 0 Å². The Morgan fingerprint density at radius 2 is 1.89 bits per heavy atom. The fourth-order valence-electron chi connectivity index (χ4n) is 1.61. The number of rotatable bonds is 4. The molecule has 0 aliphatic rings. The fourth-order valence-corrected chi connectivity index (χ4v) is 2.05. The summed E-state index contributed by atoms with van der Waals surface area (Å²) in [6, 6.07) is 5.54. The number of carbonyl (C=O) groups excluding carboxylic acids is 2. The van der Waals surface area contributed by atoms with Gasteiger partial charge in [-0.25, -0.2) is 0 Å². The number of likely N-dealkylation sites (N-methyl/N-ethyl adjacent to an activating group) is 2. The molecular weight excluding hydrogens is 308 g/mol. The van der Waals surface area contributed by atoms with Crippen molar-refractivity contribution in [3.05, 3.63) is 33.8 Å².